The van der Waals surface area contributed by atoms with Gasteiger partial charge in [-0.3, -0.25) is 10.1 Å². The zero-order chi connectivity index (χ0) is 18.2. The number of hydroxylamine groups is 1. The molecule has 1 fully saturated rings. The van der Waals surface area contributed by atoms with E-state index in [2.05, 4.69) is 31.1 Å². The molecule has 2 heterocycles. The smallest absolute Gasteiger partial charge is 0.269 e. The molecule has 0 saturated carbocycles. The Morgan fingerprint density at radius 2 is 2.00 bits per heavy atom. The van der Waals surface area contributed by atoms with Crippen LogP contribution in [0.25, 0.3) is 0 Å². The fourth-order valence-corrected chi connectivity index (χ4v) is 3.66. The van der Waals surface area contributed by atoms with Crippen molar-refractivity contribution in [3.05, 3.63) is 29.8 Å². The summed E-state index contributed by atoms with van der Waals surface area (Å²) in [6.07, 6.45) is 4.67. The minimum absolute atomic E-state index is 0.0923. The summed E-state index contributed by atoms with van der Waals surface area (Å²) in [6.45, 7) is 4.46. The predicted octanol–water partition coefficient (Wildman–Crippen LogP) is 1.40. The van der Waals surface area contributed by atoms with Gasteiger partial charge in [0.05, 0.1) is 6.61 Å². The predicted molar refractivity (Wildman–Crippen MR) is 102 cm³/mol. The lowest BCUT2D eigenvalue weighted by molar-refractivity contribution is 0.220. The van der Waals surface area contributed by atoms with Crippen LogP contribution in [0.4, 0.5) is 0 Å². The molecule has 26 heavy (non-hydrogen) atoms. The van der Waals surface area contributed by atoms with Crippen LogP contribution in [0.5, 0.6) is 5.75 Å². The van der Waals surface area contributed by atoms with E-state index in [4.69, 9.17) is 9.94 Å². The van der Waals surface area contributed by atoms with Crippen LogP contribution < -0.4 is 15.5 Å². The topological polar surface area (TPSA) is 98.5 Å². The number of nitrogens with zero attached hydrogens (tertiary/aromatic N) is 3. The van der Waals surface area contributed by atoms with E-state index in [1.165, 1.54) is 37.9 Å². The van der Waals surface area contributed by atoms with Crippen LogP contribution in [0, 0.1) is 0 Å². The second kappa shape index (κ2) is 9.65. The summed E-state index contributed by atoms with van der Waals surface area (Å²) in [4.78, 5) is 2.49. The maximum absolute atomic E-state index is 11.2. The molecule has 0 bridgehead atoms. The van der Waals surface area contributed by atoms with Crippen molar-refractivity contribution >= 4 is 22.8 Å². The number of amidine groups is 2. The van der Waals surface area contributed by atoms with Gasteiger partial charge in [-0.15, -0.1) is 8.80 Å². The number of likely N-dealkylation sites (tertiary alicyclic amines) is 1. The van der Waals surface area contributed by atoms with Crippen LogP contribution in [-0.4, -0.2) is 52.2 Å². The monoisotopic (exact) mass is 379 g/mol. The molecule has 142 valence electrons. The van der Waals surface area contributed by atoms with Gasteiger partial charge in [0, 0.05) is 13.1 Å². The van der Waals surface area contributed by atoms with Gasteiger partial charge < -0.3 is 10.1 Å². The number of benzene rings is 1. The van der Waals surface area contributed by atoms with Crippen molar-refractivity contribution < 1.29 is 14.2 Å². The molecule has 1 saturated heterocycles. The third-order valence-corrected chi connectivity index (χ3v) is 4.98. The summed E-state index contributed by atoms with van der Waals surface area (Å²) < 4.78 is 24.4. The molecule has 0 aromatic heterocycles. The van der Waals surface area contributed by atoms with E-state index in [1.807, 2.05) is 17.6 Å². The van der Waals surface area contributed by atoms with Gasteiger partial charge in [0.2, 0.25) is 5.84 Å². The Bertz CT molecular complexity index is 689. The highest BCUT2D eigenvalue weighted by molar-refractivity contribution is 7.83. The van der Waals surface area contributed by atoms with Crippen molar-refractivity contribution in [1.82, 2.24) is 15.7 Å². The Balaban J connectivity index is 1.38. The molecule has 1 aromatic carbocycles. The van der Waals surface area contributed by atoms with Crippen molar-refractivity contribution in [2.75, 3.05) is 26.2 Å². The maximum Gasteiger partial charge on any atom is 0.269 e. The lowest BCUT2D eigenvalue weighted by Crippen LogP contribution is -2.37. The van der Waals surface area contributed by atoms with Crippen LogP contribution >= 0.6 is 0 Å². The largest absolute Gasteiger partial charge is 0.494 e. The summed E-state index contributed by atoms with van der Waals surface area (Å²) in [5, 5.41) is 11.9. The number of hydrogen-bond acceptors (Lipinski definition) is 6. The van der Waals surface area contributed by atoms with Gasteiger partial charge in [0.1, 0.15) is 5.75 Å². The number of piperidine rings is 1. The zero-order valence-corrected chi connectivity index (χ0v) is 15.5. The molecular weight excluding hydrogens is 354 g/mol. The van der Waals surface area contributed by atoms with Crippen LogP contribution in [0.3, 0.4) is 0 Å². The third kappa shape index (κ3) is 5.52. The molecule has 0 amide bonds. The van der Waals surface area contributed by atoms with Gasteiger partial charge in [-0.25, -0.2) is 9.69 Å². The lowest BCUT2D eigenvalue weighted by Gasteiger charge is -2.26. The van der Waals surface area contributed by atoms with E-state index in [1.54, 1.807) is 0 Å². The Kier molecular flexibility index (Phi) is 6.98. The summed E-state index contributed by atoms with van der Waals surface area (Å²) >= 11 is -1.67. The second-order valence-electron chi connectivity index (χ2n) is 6.34. The SMILES string of the molecule is O=S1N=C(NO)C(NCCCOc2cccc(CN3CCCCC3)c2)=N1. The fourth-order valence-electron chi connectivity index (χ4n) is 3.03. The highest BCUT2D eigenvalue weighted by Crippen LogP contribution is 2.17. The summed E-state index contributed by atoms with van der Waals surface area (Å²) in [6, 6.07) is 8.25. The maximum atomic E-state index is 11.2. The van der Waals surface area contributed by atoms with Crippen molar-refractivity contribution in [3.63, 3.8) is 0 Å². The van der Waals surface area contributed by atoms with E-state index in [0.717, 1.165) is 18.7 Å². The van der Waals surface area contributed by atoms with E-state index in [9.17, 15) is 4.21 Å². The van der Waals surface area contributed by atoms with Gasteiger partial charge >= 0.3 is 0 Å². The molecule has 1 aromatic rings. The zero-order valence-electron chi connectivity index (χ0n) is 14.7. The molecular formula is C17H25N5O3S. The minimum atomic E-state index is -1.67. The van der Waals surface area contributed by atoms with Gasteiger partial charge in [-0.1, -0.05) is 18.6 Å². The molecule has 3 rings (SSSR count). The van der Waals surface area contributed by atoms with Gasteiger partial charge in [-0.2, -0.15) is 0 Å². The molecule has 0 aliphatic carbocycles. The summed E-state index contributed by atoms with van der Waals surface area (Å²) in [5.74, 6) is 1.27. The van der Waals surface area contributed by atoms with Gasteiger partial charge in [0.25, 0.3) is 11.2 Å². The van der Waals surface area contributed by atoms with Gasteiger partial charge in [0.15, 0.2) is 5.84 Å². The average Bonchev–Trinajstić information content (AvgIpc) is 3.02. The Morgan fingerprint density at radius 3 is 2.81 bits per heavy atom. The standard InChI is InChI=1S/C17H25N5O3S/c23-19-17-16(20-26(24)21-17)18-8-5-11-25-15-7-4-6-14(12-15)13-22-9-2-1-3-10-22/h4,6-7,12,23H,1-3,5,8-11,13H2,(H,18,20)(H,19,21). The Morgan fingerprint density at radius 1 is 1.19 bits per heavy atom. The van der Waals surface area contributed by atoms with Crippen LogP contribution in [-0.2, 0) is 17.7 Å². The van der Waals surface area contributed by atoms with E-state index in [0.29, 0.717) is 19.0 Å². The normalized spacial score (nSPS) is 20.4. The van der Waals surface area contributed by atoms with Crippen LogP contribution in [0.1, 0.15) is 31.2 Å². The molecule has 9 heteroatoms. The Hall–Kier alpha value is -1.97. The molecule has 0 radical (unpaired) electrons. The van der Waals surface area contributed by atoms with Crippen molar-refractivity contribution in [3.8, 4) is 5.75 Å². The number of hydrogen-bond donors (Lipinski definition) is 3. The molecule has 8 nitrogen and oxygen atoms in total. The summed E-state index contributed by atoms with van der Waals surface area (Å²) in [5.41, 5.74) is 3.16. The average molecular weight is 379 g/mol. The number of ether oxygens (including phenoxy) is 1. The first kappa shape index (κ1) is 18.8. The first-order chi connectivity index (χ1) is 12.7. The van der Waals surface area contributed by atoms with E-state index in [-0.39, 0.29) is 5.84 Å². The van der Waals surface area contributed by atoms with E-state index < -0.39 is 11.2 Å². The molecule has 0 spiro atoms. The molecule has 1 unspecified atom stereocenters. The number of rotatable bonds is 7. The molecule has 1 atom stereocenters. The van der Waals surface area contributed by atoms with Gasteiger partial charge in [-0.05, 0) is 50.0 Å². The van der Waals surface area contributed by atoms with Crippen LogP contribution in [0.2, 0.25) is 0 Å². The quantitative estimate of drug-likeness (QED) is 0.489. The Labute approximate surface area is 156 Å². The first-order valence-corrected chi connectivity index (χ1v) is 9.99. The molecule has 3 N–H and O–H groups in total. The summed E-state index contributed by atoms with van der Waals surface area (Å²) in [7, 11) is 0. The van der Waals surface area contributed by atoms with Crippen molar-refractivity contribution in [2.45, 2.75) is 32.2 Å². The van der Waals surface area contributed by atoms with Crippen molar-refractivity contribution in [2.24, 2.45) is 8.80 Å². The van der Waals surface area contributed by atoms with E-state index >= 15 is 0 Å². The number of nitrogens with one attached hydrogen (secondary N) is 2. The lowest BCUT2D eigenvalue weighted by atomic mass is 10.1. The third-order valence-electron chi connectivity index (χ3n) is 4.30. The molecule has 2 aliphatic heterocycles. The van der Waals surface area contributed by atoms with Crippen molar-refractivity contribution in [1.29, 1.82) is 0 Å². The molecule has 2 aliphatic rings. The fraction of sp³-hybridized carbons (Fsp3) is 0.529. The highest BCUT2D eigenvalue weighted by atomic mass is 32.2. The highest BCUT2D eigenvalue weighted by Gasteiger charge is 2.17. The second-order valence-corrected chi connectivity index (χ2v) is 7.16. The minimum Gasteiger partial charge on any atom is -0.494 e. The first-order valence-electron chi connectivity index (χ1n) is 8.92. The van der Waals surface area contributed by atoms with Crippen LogP contribution in [0.15, 0.2) is 33.1 Å².